The second-order valence-corrected chi connectivity index (χ2v) is 6.01. The van der Waals surface area contributed by atoms with Crippen molar-refractivity contribution in [2.24, 2.45) is 0 Å². The number of rotatable bonds is 3. The van der Waals surface area contributed by atoms with Crippen molar-refractivity contribution >= 4 is 28.3 Å². The van der Waals surface area contributed by atoms with Crippen LogP contribution in [0.2, 0.25) is 5.02 Å². The van der Waals surface area contributed by atoms with Crippen LogP contribution in [0, 0.1) is 6.92 Å². The molecular weight excluding hydrogens is 326 g/mol. The molecule has 0 aliphatic carbocycles. The molecule has 0 bridgehead atoms. The Morgan fingerprint density at radius 2 is 1.79 bits per heavy atom. The Morgan fingerprint density at radius 3 is 2.46 bits per heavy atom. The molecule has 24 heavy (non-hydrogen) atoms. The molecule has 0 radical (unpaired) electrons. The zero-order chi connectivity index (χ0) is 17.3. The van der Waals surface area contributed by atoms with E-state index in [1.165, 1.54) is 7.11 Å². The standard InChI is InChI=1S/C19H16ClNO3/c1-11-16-10-13(9-12-3-6-14(20)7-4-12)5-8-15(16)18(22)17(21-11)19(23)24-2/h3-8,10,22H,9H2,1-2H3. The number of aromatic nitrogens is 1. The molecule has 3 rings (SSSR count). The van der Waals surface area contributed by atoms with Gasteiger partial charge >= 0.3 is 5.97 Å². The maximum Gasteiger partial charge on any atom is 0.360 e. The van der Waals surface area contributed by atoms with Gasteiger partial charge < -0.3 is 9.84 Å². The van der Waals surface area contributed by atoms with Crippen LogP contribution in [0.25, 0.3) is 10.8 Å². The monoisotopic (exact) mass is 341 g/mol. The Hall–Kier alpha value is -2.59. The fourth-order valence-corrected chi connectivity index (χ4v) is 2.82. The number of aryl methyl sites for hydroxylation is 1. The van der Waals surface area contributed by atoms with Gasteiger partial charge in [-0.15, -0.1) is 0 Å². The summed E-state index contributed by atoms with van der Waals surface area (Å²) in [4.78, 5) is 15.9. The average molecular weight is 342 g/mol. The number of benzene rings is 2. The van der Waals surface area contributed by atoms with Crippen LogP contribution in [0.3, 0.4) is 0 Å². The predicted molar refractivity (Wildman–Crippen MR) is 93.7 cm³/mol. The third kappa shape index (κ3) is 3.05. The van der Waals surface area contributed by atoms with Crippen LogP contribution in [-0.4, -0.2) is 23.2 Å². The molecule has 0 aliphatic heterocycles. The summed E-state index contributed by atoms with van der Waals surface area (Å²) in [6.45, 7) is 1.81. The van der Waals surface area contributed by atoms with Crippen molar-refractivity contribution in [1.82, 2.24) is 4.98 Å². The lowest BCUT2D eigenvalue weighted by atomic mass is 10.00. The number of carbonyl (C=O) groups excluding carboxylic acids is 1. The van der Waals surface area contributed by atoms with Gasteiger partial charge in [-0.2, -0.15) is 0 Å². The molecule has 3 aromatic rings. The molecule has 0 amide bonds. The summed E-state index contributed by atoms with van der Waals surface area (Å²) in [6, 6.07) is 13.4. The van der Waals surface area contributed by atoms with Gasteiger partial charge in [-0.25, -0.2) is 9.78 Å². The first-order valence-corrected chi connectivity index (χ1v) is 7.82. The number of carbonyl (C=O) groups is 1. The lowest BCUT2D eigenvalue weighted by Crippen LogP contribution is -2.06. The number of methoxy groups -OCH3 is 1. The predicted octanol–water partition coefficient (Wildman–Crippen LogP) is 4.28. The highest BCUT2D eigenvalue weighted by Crippen LogP contribution is 2.31. The number of hydrogen-bond donors (Lipinski definition) is 1. The van der Waals surface area contributed by atoms with Crippen molar-refractivity contribution in [3.8, 4) is 5.75 Å². The van der Waals surface area contributed by atoms with Crippen LogP contribution in [-0.2, 0) is 11.2 Å². The SMILES string of the molecule is COC(=O)c1nc(C)c2cc(Cc3ccc(Cl)cc3)ccc2c1O. The first kappa shape index (κ1) is 16.3. The van der Waals surface area contributed by atoms with Crippen molar-refractivity contribution < 1.29 is 14.6 Å². The summed E-state index contributed by atoms with van der Waals surface area (Å²) in [5.74, 6) is -0.803. The lowest BCUT2D eigenvalue weighted by Gasteiger charge is -2.10. The van der Waals surface area contributed by atoms with Gasteiger partial charge in [0.1, 0.15) is 0 Å². The molecule has 5 heteroatoms. The van der Waals surface area contributed by atoms with E-state index in [0.717, 1.165) is 22.9 Å². The van der Waals surface area contributed by atoms with Crippen LogP contribution < -0.4 is 0 Å². The van der Waals surface area contributed by atoms with Crippen LogP contribution in [0.5, 0.6) is 5.75 Å². The Labute approximate surface area is 144 Å². The Balaban J connectivity index is 2.04. The molecule has 0 saturated heterocycles. The van der Waals surface area contributed by atoms with Gasteiger partial charge in [0, 0.05) is 21.5 Å². The van der Waals surface area contributed by atoms with Crippen LogP contribution in [0.4, 0.5) is 0 Å². The number of halogens is 1. The van der Waals surface area contributed by atoms with E-state index in [2.05, 4.69) is 9.72 Å². The summed E-state index contributed by atoms with van der Waals surface area (Å²) in [5, 5.41) is 12.4. The number of esters is 1. The topological polar surface area (TPSA) is 59.4 Å². The zero-order valence-corrected chi connectivity index (χ0v) is 14.1. The molecule has 1 heterocycles. The summed E-state index contributed by atoms with van der Waals surface area (Å²) in [6.07, 6.45) is 0.742. The minimum Gasteiger partial charge on any atom is -0.505 e. The van der Waals surface area contributed by atoms with Gasteiger partial charge in [-0.1, -0.05) is 35.9 Å². The van der Waals surface area contributed by atoms with Gasteiger partial charge in [-0.05, 0) is 42.7 Å². The number of ether oxygens (including phenoxy) is 1. The van der Waals surface area contributed by atoms with Crippen LogP contribution in [0.1, 0.15) is 27.3 Å². The molecule has 1 aromatic heterocycles. The van der Waals surface area contributed by atoms with Crippen molar-refractivity contribution in [1.29, 1.82) is 0 Å². The highest BCUT2D eigenvalue weighted by atomic mass is 35.5. The van der Waals surface area contributed by atoms with Gasteiger partial charge in [-0.3, -0.25) is 0 Å². The Kier molecular flexibility index (Phi) is 4.40. The van der Waals surface area contributed by atoms with Crippen LogP contribution >= 0.6 is 11.6 Å². The third-order valence-corrected chi connectivity index (χ3v) is 4.18. The van der Waals surface area contributed by atoms with E-state index in [1.54, 1.807) is 13.0 Å². The maximum absolute atomic E-state index is 11.7. The highest BCUT2D eigenvalue weighted by molar-refractivity contribution is 6.30. The largest absolute Gasteiger partial charge is 0.505 e. The fourth-order valence-electron chi connectivity index (χ4n) is 2.69. The highest BCUT2D eigenvalue weighted by Gasteiger charge is 2.18. The summed E-state index contributed by atoms with van der Waals surface area (Å²) < 4.78 is 4.66. The Bertz CT molecular complexity index is 920. The van der Waals surface area contributed by atoms with E-state index < -0.39 is 5.97 Å². The van der Waals surface area contributed by atoms with Crippen molar-refractivity contribution in [2.75, 3.05) is 7.11 Å². The van der Waals surface area contributed by atoms with E-state index in [-0.39, 0.29) is 11.4 Å². The molecule has 1 N–H and O–H groups in total. The molecule has 122 valence electrons. The maximum atomic E-state index is 11.7. The molecule has 0 aliphatic rings. The lowest BCUT2D eigenvalue weighted by molar-refractivity contribution is 0.0590. The summed E-state index contributed by atoms with van der Waals surface area (Å²) >= 11 is 5.91. The first-order chi connectivity index (χ1) is 11.5. The van der Waals surface area contributed by atoms with Gasteiger partial charge in [0.2, 0.25) is 0 Å². The number of nitrogens with zero attached hydrogens (tertiary/aromatic N) is 1. The molecule has 4 nitrogen and oxygen atoms in total. The normalized spacial score (nSPS) is 10.8. The van der Waals surface area contributed by atoms with Gasteiger partial charge in [0.15, 0.2) is 11.4 Å². The second-order valence-electron chi connectivity index (χ2n) is 5.57. The van der Waals surface area contributed by atoms with Crippen molar-refractivity contribution in [3.63, 3.8) is 0 Å². The van der Waals surface area contributed by atoms with E-state index in [0.29, 0.717) is 16.1 Å². The smallest absolute Gasteiger partial charge is 0.360 e. The van der Waals surface area contributed by atoms with E-state index in [1.807, 2.05) is 36.4 Å². The first-order valence-electron chi connectivity index (χ1n) is 7.44. The van der Waals surface area contributed by atoms with Crippen LogP contribution in [0.15, 0.2) is 42.5 Å². The molecular formula is C19H16ClNO3. The van der Waals surface area contributed by atoms with Gasteiger partial charge in [0.25, 0.3) is 0 Å². The minimum atomic E-state index is -0.650. The van der Waals surface area contributed by atoms with E-state index in [4.69, 9.17) is 11.6 Å². The number of pyridine rings is 1. The zero-order valence-electron chi connectivity index (χ0n) is 13.3. The van der Waals surface area contributed by atoms with E-state index >= 15 is 0 Å². The second kappa shape index (κ2) is 6.49. The number of aromatic hydroxyl groups is 1. The minimum absolute atomic E-state index is 0.0621. The Morgan fingerprint density at radius 1 is 1.12 bits per heavy atom. The van der Waals surface area contributed by atoms with Gasteiger partial charge in [0.05, 0.1) is 7.11 Å². The molecule has 0 atom stereocenters. The van der Waals surface area contributed by atoms with Crippen molar-refractivity contribution in [2.45, 2.75) is 13.3 Å². The third-order valence-electron chi connectivity index (χ3n) is 3.93. The number of hydrogen-bond acceptors (Lipinski definition) is 4. The molecule has 0 saturated carbocycles. The molecule has 0 spiro atoms. The summed E-state index contributed by atoms with van der Waals surface area (Å²) in [7, 11) is 1.26. The molecule has 0 unspecified atom stereocenters. The summed E-state index contributed by atoms with van der Waals surface area (Å²) in [5.41, 5.74) is 2.83. The molecule has 2 aromatic carbocycles. The quantitative estimate of drug-likeness (QED) is 0.722. The average Bonchev–Trinajstić information content (AvgIpc) is 2.59. The fraction of sp³-hybridized carbons (Fsp3) is 0.158. The number of fused-ring (bicyclic) bond motifs is 1. The molecule has 0 fully saturated rings. The van der Waals surface area contributed by atoms with Crippen molar-refractivity contribution in [3.05, 3.63) is 70.0 Å². The van der Waals surface area contributed by atoms with E-state index in [9.17, 15) is 9.90 Å².